The average molecular weight is 387 g/mol. The van der Waals surface area contributed by atoms with E-state index in [0.29, 0.717) is 25.9 Å². The molecule has 0 radical (unpaired) electrons. The van der Waals surface area contributed by atoms with E-state index in [1.54, 1.807) is 6.07 Å². The molecular formula is C15H16ClFN4O3S. The van der Waals surface area contributed by atoms with Crippen LogP contribution in [0, 0.1) is 5.82 Å². The Morgan fingerprint density at radius 1 is 1.32 bits per heavy atom. The van der Waals surface area contributed by atoms with Gasteiger partial charge in [-0.15, -0.1) is 0 Å². The first-order valence-corrected chi connectivity index (χ1v) is 9.41. The third-order valence-electron chi connectivity index (χ3n) is 4.27. The Morgan fingerprint density at radius 3 is 2.56 bits per heavy atom. The van der Waals surface area contributed by atoms with Gasteiger partial charge in [0.05, 0.1) is 9.92 Å². The molecule has 0 spiro atoms. The first-order chi connectivity index (χ1) is 11.8. The van der Waals surface area contributed by atoms with Gasteiger partial charge in [0.25, 0.3) is 5.91 Å². The maximum absolute atomic E-state index is 13.2. The van der Waals surface area contributed by atoms with E-state index >= 15 is 0 Å². The normalized spacial score (nSPS) is 16.9. The van der Waals surface area contributed by atoms with E-state index in [1.807, 2.05) is 0 Å². The molecule has 25 heavy (non-hydrogen) atoms. The van der Waals surface area contributed by atoms with Crippen LogP contribution in [-0.4, -0.2) is 41.9 Å². The number of halogens is 2. The molecule has 134 valence electrons. The number of carbonyl (C=O) groups is 1. The Bertz CT molecular complexity index is 907. The van der Waals surface area contributed by atoms with Crippen molar-refractivity contribution in [2.24, 2.45) is 5.73 Å². The molecule has 0 saturated carbocycles. The lowest BCUT2D eigenvalue weighted by molar-refractivity contribution is 0.0995. The smallest absolute Gasteiger partial charge is 0.269 e. The second-order valence-corrected chi connectivity index (χ2v) is 8.17. The lowest BCUT2D eigenvalue weighted by atomic mass is 9.94. The molecule has 1 aromatic heterocycles. The topological polar surface area (TPSA) is 109 Å². The number of hydrogen-bond donors (Lipinski definition) is 2. The van der Waals surface area contributed by atoms with Crippen molar-refractivity contribution >= 4 is 27.5 Å². The van der Waals surface area contributed by atoms with Gasteiger partial charge >= 0.3 is 0 Å². The molecule has 1 fully saturated rings. The standard InChI is InChI=1S/C15H16ClFN4O3S/c16-11-7-10(1-2-12(11)17)25(23,24)21-5-3-9(4-6-21)13-8-14(15(18)22)20-19-13/h1-2,7-9H,3-6H2,(H2,18,22)(H,19,20). The Hall–Kier alpha value is -1.97. The van der Waals surface area contributed by atoms with Crippen molar-refractivity contribution < 1.29 is 17.6 Å². The largest absolute Gasteiger partial charge is 0.364 e. The average Bonchev–Trinajstić information content (AvgIpc) is 3.08. The Morgan fingerprint density at radius 2 is 2.00 bits per heavy atom. The van der Waals surface area contributed by atoms with Gasteiger partial charge in [-0.3, -0.25) is 9.89 Å². The van der Waals surface area contributed by atoms with Crippen molar-refractivity contribution in [3.05, 3.63) is 46.5 Å². The summed E-state index contributed by atoms with van der Waals surface area (Å²) in [5.74, 6) is -1.22. The minimum absolute atomic E-state index is 0.0325. The number of nitrogens with one attached hydrogen (secondary N) is 1. The van der Waals surface area contributed by atoms with Gasteiger partial charge < -0.3 is 5.73 Å². The monoisotopic (exact) mass is 386 g/mol. The maximum Gasteiger partial charge on any atom is 0.269 e. The summed E-state index contributed by atoms with van der Waals surface area (Å²) in [5.41, 5.74) is 6.09. The molecule has 0 aliphatic carbocycles. The number of amides is 1. The Labute approximate surface area is 149 Å². The van der Waals surface area contributed by atoms with Crippen LogP contribution in [0.4, 0.5) is 4.39 Å². The van der Waals surface area contributed by atoms with Crippen molar-refractivity contribution in [3.8, 4) is 0 Å². The van der Waals surface area contributed by atoms with E-state index < -0.39 is 21.7 Å². The molecule has 1 saturated heterocycles. The summed E-state index contributed by atoms with van der Waals surface area (Å²) in [6, 6.07) is 4.96. The van der Waals surface area contributed by atoms with Crippen LogP contribution in [-0.2, 0) is 10.0 Å². The van der Waals surface area contributed by atoms with Crippen molar-refractivity contribution in [2.75, 3.05) is 13.1 Å². The number of H-pyrrole nitrogens is 1. The number of rotatable bonds is 4. The van der Waals surface area contributed by atoms with Crippen LogP contribution in [0.15, 0.2) is 29.2 Å². The predicted octanol–water partition coefficient (Wildman–Crippen LogP) is 1.87. The molecule has 3 rings (SSSR count). The minimum Gasteiger partial charge on any atom is -0.364 e. The molecule has 7 nitrogen and oxygen atoms in total. The fourth-order valence-electron chi connectivity index (χ4n) is 2.87. The Kier molecular flexibility index (Phi) is 4.81. The van der Waals surface area contributed by atoms with Crippen LogP contribution in [0.25, 0.3) is 0 Å². The molecule has 2 heterocycles. The van der Waals surface area contributed by atoms with E-state index in [1.165, 1.54) is 10.4 Å². The van der Waals surface area contributed by atoms with Gasteiger partial charge in [-0.2, -0.15) is 9.40 Å². The first-order valence-electron chi connectivity index (χ1n) is 7.59. The number of aromatic amines is 1. The summed E-state index contributed by atoms with van der Waals surface area (Å²) < 4.78 is 39.9. The second kappa shape index (κ2) is 6.74. The summed E-state index contributed by atoms with van der Waals surface area (Å²) in [5, 5.41) is 6.39. The predicted molar refractivity (Wildman–Crippen MR) is 89.2 cm³/mol. The lowest BCUT2D eigenvalue weighted by Crippen LogP contribution is -2.38. The molecule has 1 aliphatic heterocycles. The third kappa shape index (κ3) is 3.53. The van der Waals surface area contributed by atoms with Gasteiger partial charge in [0.1, 0.15) is 11.5 Å². The fraction of sp³-hybridized carbons (Fsp3) is 0.333. The molecule has 1 amide bonds. The summed E-state index contributed by atoms with van der Waals surface area (Å²) in [7, 11) is -3.73. The fourth-order valence-corrected chi connectivity index (χ4v) is 4.61. The van der Waals surface area contributed by atoms with Crippen LogP contribution >= 0.6 is 11.6 Å². The molecule has 3 N–H and O–H groups in total. The highest BCUT2D eigenvalue weighted by atomic mass is 35.5. The van der Waals surface area contributed by atoms with E-state index in [9.17, 15) is 17.6 Å². The van der Waals surface area contributed by atoms with E-state index in [4.69, 9.17) is 17.3 Å². The van der Waals surface area contributed by atoms with E-state index in [-0.39, 0.29) is 21.5 Å². The number of sulfonamides is 1. The van der Waals surface area contributed by atoms with E-state index in [0.717, 1.165) is 17.8 Å². The zero-order valence-corrected chi connectivity index (χ0v) is 14.6. The molecule has 1 aliphatic rings. The van der Waals surface area contributed by atoms with Gasteiger partial charge in [0.15, 0.2) is 0 Å². The van der Waals surface area contributed by atoms with Crippen molar-refractivity contribution in [2.45, 2.75) is 23.7 Å². The minimum atomic E-state index is -3.73. The number of nitrogens with two attached hydrogens (primary N) is 1. The highest BCUT2D eigenvalue weighted by molar-refractivity contribution is 7.89. The number of hydrogen-bond acceptors (Lipinski definition) is 4. The molecule has 2 aromatic rings. The lowest BCUT2D eigenvalue weighted by Gasteiger charge is -2.30. The van der Waals surface area contributed by atoms with E-state index in [2.05, 4.69) is 10.2 Å². The van der Waals surface area contributed by atoms with Gasteiger partial charge in [0, 0.05) is 24.7 Å². The van der Waals surface area contributed by atoms with Gasteiger partial charge in [-0.05, 0) is 37.1 Å². The Balaban J connectivity index is 1.72. The van der Waals surface area contributed by atoms with Gasteiger partial charge in [-0.1, -0.05) is 11.6 Å². The molecule has 10 heteroatoms. The summed E-state index contributed by atoms with van der Waals surface area (Å²) in [6.07, 6.45) is 1.13. The highest BCUT2D eigenvalue weighted by Gasteiger charge is 2.31. The molecule has 0 atom stereocenters. The molecule has 0 bridgehead atoms. The zero-order chi connectivity index (χ0) is 18.2. The van der Waals surface area contributed by atoms with Crippen molar-refractivity contribution in [1.82, 2.24) is 14.5 Å². The third-order valence-corrected chi connectivity index (χ3v) is 6.46. The first kappa shape index (κ1) is 17.8. The van der Waals surface area contributed by atoms with Crippen LogP contribution < -0.4 is 5.73 Å². The van der Waals surface area contributed by atoms with Crippen LogP contribution in [0.3, 0.4) is 0 Å². The number of carbonyl (C=O) groups excluding carboxylic acids is 1. The number of primary amides is 1. The number of benzene rings is 1. The number of piperidine rings is 1. The summed E-state index contributed by atoms with van der Waals surface area (Å²) >= 11 is 5.68. The quantitative estimate of drug-likeness (QED) is 0.835. The van der Waals surface area contributed by atoms with Gasteiger partial charge in [0.2, 0.25) is 10.0 Å². The molecule has 0 unspecified atom stereocenters. The van der Waals surface area contributed by atoms with Crippen LogP contribution in [0.1, 0.15) is 34.9 Å². The maximum atomic E-state index is 13.2. The highest BCUT2D eigenvalue weighted by Crippen LogP contribution is 2.30. The molecular weight excluding hydrogens is 371 g/mol. The van der Waals surface area contributed by atoms with Crippen molar-refractivity contribution in [1.29, 1.82) is 0 Å². The molecule has 1 aromatic carbocycles. The van der Waals surface area contributed by atoms with Gasteiger partial charge in [-0.25, -0.2) is 12.8 Å². The SMILES string of the molecule is NC(=O)c1cc(C2CCN(S(=O)(=O)c3ccc(F)c(Cl)c3)CC2)[nH]n1. The van der Waals surface area contributed by atoms with Crippen LogP contribution in [0.5, 0.6) is 0 Å². The summed E-state index contributed by atoms with van der Waals surface area (Å²) in [6.45, 7) is 0.597. The number of aromatic nitrogens is 2. The van der Waals surface area contributed by atoms with Crippen molar-refractivity contribution in [3.63, 3.8) is 0 Å². The number of nitrogens with zero attached hydrogens (tertiary/aromatic N) is 2. The van der Waals surface area contributed by atoms with Crippen LogP contribution in [0.2, 0.25) is 5.02 Å². The summed E-state index contributed by atoms with van der Waals surface area (Å²) in [4.78, 5) is 11.1. The second-order valence-electron chi connectivity index (χ2n) is 5.83. The zero-order valence-electron chi connectivity index (χ0n) is 13.1.